The zero-order chi connectivity index (χ0) is 15.0. The van der Waals surface area contributed by atoms with Crippen LogP contribution < -0.4 is 5.32 Å². The van der Waals surface area contributed by atoms with Crippen molar-refractivity contribution in [1.29, 1.82) is 0 Å². The lowest BCUT2D eigenvalue weighted by atomic mass is 9.93. The SMILES string of the molecule is FC(F)(F)c1cc(-c2cccnc2)cc2c1NC(=S)CC2. The van der Waals surface area contributed by atoms with Crippen molar-refractivity contribution < 1.29 is 13.2 Å². The number of benzene rings is 1. The molecule has 1 aliphatic rings. The molecular weight excluding hydrogens is 297 g/mol. The molecule has 108 valence electrons. The van der Waals surface area contributed by atoms with Gasteiger partial charge >= 0.3 is 6.18 Å². The molecule has 1 aliphatic heterocycles. The molecule has 3 rings (SSSR count). The predicted molar refractivity (Wildman–Crippen MR) is 79.2 cm³/mol. The number of anilines is 1. The van der Waals surface area contributed by atoms with E-state index in [9.17, 15) is 13.2 Å². The van der Waals surface area contributed by atoms with Gasteiger partial charge in [0.25, 0.3) is 0 Å². The van der Waals surface area contributed by atoms with Crippen LogP contribution in [0.5, 0.6) is 0 Å². The van der Waals surface area contributed by atoms with Gasteiger partial charge in [0.15, 0.2) is 0 Å². The Labute approximate surface area is 125 Å². The van der Waals surface area contributed by atoms with Crippen LogP contribution in [-0.4, -0.2) is 9.97 Å². The molecule has 0 amide bonds. The second-order valence-corrected chi connectivity index (χ2v) is 5.34. The summed E-state index contributed by atoms with van der Waals surface area (Å²) in [6, 6.07) is 6.37. The number of halogens is 3. The fourth-order valence-corrected chi connectivity index (χ4v) is 2.62. The number of hydrogen-bond acceptors (Lipinski definition) is 2. The molecular formula is C15H11F3N2S. The minimum absolute atomic E-state index is 0.0893. The third-order valence-corrected chi connectivity index (χ3v) is 3.71. The van der Waals surface area contributed by atoms with Crippen LogP contribution in [0, 0.1) is 0 Å². The van der Waals surface area contributed by atoms with Crippen molar-refractivity contribution >= 4 is 22.9 Å². The highest BCUT2D eigenvalue weighted by Gasteiger charge is 2.36. The zero-order valence-electron chi connectivity index (χ0n) is 10.9. The topological polar surface area (TPSA) is 24.9 Å². The number of fused-ring (bicyclic) bond motifs is 1. The lowest BCUT2D eigenvalue weighted by Gasteiger charge is -2.24. The van der Waals surface area contributed by atoms with Gasteiger partial charge in [-0.2, -0.15) is 13.2 Å². The molecule has 2 nitrogen and oxygen atoms in total. The Morgan fingerprint density at radius 3 is 2.62 bits per heavy atom. The van der Waals surface area contributed by atoms with Crippen LogP contribution in [0.3, 0.4) is 0 Å². The Morgan fingerprint density at radius 1 is 1.14 bits per heavy atom. The minimum Gasteiger partial charge on any atom is -0.349 e. The molecule has 0 spiro atoms. The van der Waals surface area contributed by atoms with Gasteiger partial charge < -0.3 is 5.32 Å². The first-order valence-corrected chi connectivity index (χ1v) is 6.80. The third kappa shape index (κ3) is 2.76. The van der Waals surface area contributed by atoms with E-state index < -0.39 is 11.7 Å². The normalized spacial score (nSPS) is 14.5. The van der Waals surface area contributed by atoms with Gasteiger partial charge in [0.1, 0.15) is 0 Å². The van der Waals surface area contributed by atoms with Crippen molar-refractivity contribution in [2.24, 2.45) is 0 Å². The molecule has 2 heterocycles. The smallest absolute Gasteiger partial charge is 0.349 e. The highest BCUT2D eigenvalue weighted by atomic mass is 32.1. The van der Waals surface area contributed by atoms with Gasteiger partial charge in [-0.15, -0.1) is 0 Å². The number of thiocarbonyl (C=S) groups is 1. The largest absolute Gasteiger partial charge is 0.418 e. The number of alkyl halides is 3. The maximum absolute atomic E-state index is 13.3. The molecule has 6 heteroatoms. The Kier molecular flexibility index (Phi) is 3.41. The Hall–Kier alpha value is -1.95. The van der Waals surface area contributed by atoms with E-state index in [0.717, 1.165) is 6.07 Å². The first-order chi connectivity index (χ1) is 9.95. The van der Waals surface area contributed by atoms with Crippen molar-refractivity contribution in [2.75, 3.05) is 5.32 Å². The summed E-state index contributed by atoms with van der Waals surface area (Å²) in [5.74, 6) is 0. The van der Waals surface area contributed by atoms with Crippen molar-refractivity contribution in [3.63, 3.8) is 0 Å². The van der Waals surface area contributed by atoms with E-state index in [4.69, 9.17) is 12.2 Å². The van der Waals surface area contributed by atoms with Crippen LogP contribution in [0.1, 0.15) is 17.5 Å². The van der Waals surface area contributed by atoms with E-state index in [2.05, 4.69) is 10.3 Å². The van der Waals surface area contributed by atoms with Crippen LogP contribution in [0.15, 0.2) is 36.7 Å². The van der Waals surface area contributed by atoms with Gasteiger partial charge in [-0.3, -0.25) is 4.98 Å². The van der Waals surface area contributed by atoms with Crippen LogP contribution in [0.4, 0.5) is 18.9 Å². The summed E-state index contributed by atoms with van der Waals surface area (Å²) in [5, 5.41) is 2.71. The average molecular weight is 308 g/mol. The maximum atomic E-state index is 13.3. The molecule has 0 unspecified atom stereocenters. The molecule has 0 fully saturated rings. The summed E-state index contributed by atoms with van der Waals surface area (Å²) >= 11 is 5.00. The van der Waals surface area contributed by atoms with E-state index in [0.29, 0.717) is 34.5 Å². The first-order valence-electron chi connectivity index (χ1n) is 6.39. The van der Waals surface area contributed by atoms with Crippen molar-refractivity contribution in [1.82, 2.24) is 4.98 Å². The molecule has 0 saturated carbocycles. The summed E-state index contributed by atoms with van der Waals surface area (Å²) in [6.07, 6.45) is -0.202. The second kappa shape index (κ2) is 5.11. The summed E-state index contributed by atoms with van der Waals surface area (Å²) in [6.45, 7) is 0. The highest BCUT2D eigenvalue weighted by Crippen LogP contribution is 2.41. The molecule has 0 bridgehead atoms. The van der Waals surface area contributed by atoms with Gasteiger partial charge in [0.2, 0.25) is 0 Å². The van der Waals surface area contributed by atoms with E-state index in [1.807, 2.05) is 0 Å². The molecule has 1 aromatic carbocycles. The van der Waals surface area contributed by atoms with Gasteiger partial charge in [-0.05, 0) is 35.7 Å². The van der Waals surface area contributed by atoms with Crippen LogP contribution in [0.2, 0.25) is 0 Å². The van der Waals surface area contributed by atoms with Crippen molar-refractivity contribution in [3.8, 4) is 11.1 Å². The van der Waals surface area contributed by atoms with Crippen molar-refractivity contribution in [3.05, 3.63) is 47.8 Å². The van der Waals surface area contributed by atoms with E-state index in [-0.39, 0.29) is 5.69 Å². The highest BCUT2D eigenvalue weighted by molar-refractivity contribution is 7.80. The van der Waals surface area contributed by atoms with Gasteiger partial charge in [-0.25, -0.2) is 0 Å². The monoisotopic (exact) mass is 308 g/mol. The lowest BCUT2D eigenvalue weighted by Crippen LogP contribution is -2.21. The van der Waals surface area contributed by atoms with Gasteiger partial charge in [0.05, 0.1) is 16.2 Å². The third-order valence-electron chi connectivity index (χ3n) is 3.41. The van der Waals surface area contributed by atoms with E-state index in [1.54, 1.807) is 30.6 Å². The molecule has 0 aliphatic carbocycles. The Balaban J connectivity index is 2.20. The fraction of sp³-hybridized carbons (Fsp3) is 0.200. The molecule has 0 radical (unpaired) electrons. The molecule has 0 atom stereocenters. The Morgan fingerprint density at radius 2 is 1.95 bits per heavy atom. The second-order valence-electron chi connectivity index (χ2n) is 4.85. The molecule has 0 saturated heterocycles. The van der Waals surface area contributed by atoms with Crippen LogP contribution in [-0.2, 0) is 12.6 Å². The number of nitrogens with one attached hydrogen (secondary N) is 1. The van der Waals surface area contributed by atoms with Crippen LogP contribution in [0.25, 0.3) is 11.1 Å². The maximum Gasteiger partial charge on any atom is 0.418 e. The minimum atomic E-state index is -4.43. The predicted octanol–water partition coefficient (Wildman–Crippen LogP) is 4.45. The fourth-order valence-electron chi connectivity index (χ4n) is 2.42. The quantitative estimate of drug-likeness (QED) is 0.788. The Bertz CT molecular complexity index is 696. The average Bonchev–Trinajstić information content (AvgIpc) is 2.46. The van der Waals surface area contributed by atoms with Crippen molar-refractivity contribution in [2.45, 2.75) is 19.0 Å². The van der Waals surface area contributed by atoms with Crippen LogP contribution >= 0.6 is 12.2 Å². The summed E-state index contributed by atoms with van der Waals surface area (Å²) < 4.78 is 39.9. The molecule has 1 N–H and O–H groups in total. The zero-order valence-corrected chi connectivity index (χ0v) is 11.7. The number of hydrogen-bond donors (Lipinski definition) is 1. The standard InChI is InChI=1S/C15H11F3N2S/c16-15(17,18)12-7-11(10-2-1-5-19-8-10)6-9-3-4-13(21)20-14(9)12/h1-2,5-8H,3-4H2,(H,20,21). The summed E-state index contributed by atoms with van der Waals surface area (Å²) in [7, 11) is 0. The summed E-state index contributed by atoms with van der Waals surface area (Å²) in [4.78, 5) is 4.41. The molecule has 2 aromatic rings. The molecule has 21 heavy (non-hydrogen) atoms. The van der Waals surface area contributed by atoms with Gasteiger partial charge in [-0.1, -0.05) is 18.3 Å². The summed E-state index contributed by atoms with van der Waals surface area (Å²) in [5.41, 5.74) is 1.23. The number of rotatable bonds is 1. The number of pyridine rings is 1. The lowest BCUT2D eigenvalue weighted by molar-refractivity contribution is -0.136. The first kappa shape index (κ1) is 14.0. The molecule has 1 aromatic heterocycles. The van der Waals surface area contributed by atoms with E-state index >= 15 is 0 Å². The number of aryl methyl sites for hydroxylation is 1. The van der Waals surface area contributed by atoms with E-state index in [1.165, 1.54) is 0 Å². The number of aromatic nitrogens is 1. The van der Waals surface area contributed by atoms with Gasteiger partial charge in [0, 0.05) is 24.4 Å². The number of nitrogens with zero attached hydrogens (tertiary/aromatic N) is 1.